The van der Waals surface area contributed by atoms with Crippen molar-refractivity contribution in [2.24, 2.45) is 0 Å². The predicted octanol–water partition coefficient (Wildman–Crippen LogP) is 3.17. The fraction of sp³-hybridized carbons (Fsp3) is 0.417. The van der Waals surface area contributed by atoms with Crippen LogP contribution in [0.2, 0.25) is 4.34 Å². The van der Waals surface area contributed by atoms with Crippen LogP contribution in [0.3, 0.4) is 0 Å². The SMILES string of the molecule is CCCc1nnc(SCC(=O)O)n1Cc1ccc(Cl)s1. The topological polar surface area (TPSA) is 68.0 Å². The first-order valence-corrected chi connectivity index (χ1v) is 8.29. The van der Waals surface area contributed by atoms with Crippen LogP contribution in [0.15, 0.2) is 17.3 Å². The van der Waals surface area contributed by atoms with Gasteiger partial charge in [-0.15, -0.1) is 21.5 Å². The van der Waals surface area contributed by atoms with Crippen LogP contribution in [0.25, 0.3) is 0 Å². The number of thioether (sulfide) groups is 1. The Morgan fingerprint density at radius 2 is 2.30 bits per heavy atom. The van der Waals surface area contributed by atoms with Crippen LogP contribution in [-0.2, 0) is 17.8 Å². The van der Waals surface area contributed by atoms with Gasteiger partial charge in [-0.2, -0.15) is 0 Å². The van der Waals surface area contributed by atoms with Crippen LogP contribution in [0.4, 0.5) is 0 Å². The fourth-order valence-electron chi connectivity index (χ4n) is 1.71. The molecule has 20 heavy (non-hydrogen) atoms. The number of nitrogens with zero attached hydrogens (tertiary/aromatic N) is 3. The van der Waals surface area contributed by atoms with Crippen molar-refractivity contribution in [2.45, 2.75) is 31.5 Å². The lowest BCUT2D eigenvalue weighted by Crippen LogP contribution is -2.07. The van der Waals surface area contributed by atoms with E-state index in [1.54, 1.807) is 0 Å². The van der Waals surface area contributed by atoms with E-state index in [4.69, 9.17) is 16.7 Å². The lowest BCUT2D eigenvalue weighted by molar-refractivity contribution is -0.133. The van der Waals surface area contributed by atoms with E-state index in [-0.39, 0.29) is 5.75 Å². The van der Waals surface area contributed by atoms with E-state index in [9.17, 15) is 4.79 Å². The van der Waals surface area contributed by atoms with Gasteiger partial charge in [0.25, 0.3) is 0 Å². The first kappa shape index (κ1) is 15.3. The molecule has 0 saturated carbocycles. The summed E-state index contributed by atoms with van der Waals surface area (Å²) in [5.41, 5.74) is 0. The van der Waals surface area contributed by atoms with E-state index in [1.165, 1.54) is 23.1 Å². The predicted molar refractivity (Wildman–Crippen MR) is 80.8 cm³/mol. The average Bonchev–Trinajstić information content (AvgIpc) is 2.96. The molecule has 0 bridgehead atoms. The lowest BCUT2D eigenvalue weighted by atomic mass is 10.3. The van der Waals surface area contributed by atoms with Gasteiger partial charge in [0, 0.05) is 11.3 Å². The summed E-state index contributed by atoms with van der Waals surface area (Å²) in [6, 6.07) is 3.82. The van der Waals surface area contributed by atoms with E-state index in [2.05, 4.69) is 17.1 Å². The Kier molecular flexibility index (Phi) is 5.45. The monoisotopic (exact) mass is 331 g/mol. The Hall–Kier alpha value is -1.05. The van der Waals surface area contributed by atoms with E-state index in [0.29, 0.717) is 11.7 Å². The van der Waals surface area contributed by atoms with Crippen LogP contribution < -0.4 is 0 Å². The van der Waals surface area contributed by atoms with Crippen LogP contribution in [0.1, 0.15) is 24.0 Å². The molecule has 0 amide bonds. The van der Waals surface area contributed by atoms with Gasteiger partial charge in [0.2, 0.25) is 0 Å². The van der Waals surface area contributed by atoms with E-state index >= 15 is 0 Å². The molecule has 2 rings (SSSR count). The summed E-state index contributed by atoms with van der Waals surface area (Å²) >= 11 is 8.64. The second-order valence-electron chi connectivity index (χ2n) is 4.12. The summed E-state index contributed by atoms with van der Waals surface area (Å²) in [6.45, 7) is 2.70. The number of carbonyl (C=O) groups is 1. The summed E-state index contributed by atoms with van der Waals surface area (Å²) < 4.78 is 2.71. The van der Waals surface area contributed by atoms with Gasteiger partial charge in [-0.25, -0.2) is 0 Å². The molecule has 0 aliphatic rings. The molecule has 0 aliphatic carbocycles. The number of carboxylic acids is 1. The van der Waals surface area contributed by atoms with Crippen molar-refractivity contribution in [1.29, 1.82) is 0 Å². The summed E-state index contributed by atoms with van der Waals surface area (Å²) in [6.07, 6.45) is 1.78. The maximum absolute atomic E-state index is 10.7. The third kappa shape index (κ3) is 3.97. The van der Waals surface area contributed by atoms with Crippen molar-refractivity contribution in [3.63, 3.8) is 0 Å². The Morgan fingerprint density at radius 3 is 2.90 bits per heavy atom. The molecule has 0 radical (unpaired) electrons. The largest absolute Gasteiger partial charge is 0.481 e. The zero-order valence-electron chi connectivity index (χ0n) is 10.9. The molecule has 0 unspecified atom stereocenters. The van der Waals surface area contributed by atoms with Crippen LogP contribution in [-0.4, -0.2) is 31.6 Å². The van der Waals surface area contributed by atoms with Gasteiger partial charge in [-0.1, -0.05) is 30.3 Å². The molecular formula is C12H14ClN3O2S2. The summed E-state index contributed by atoms with van der Waals surface area (Å²) in [5.74, 6) is 0.000742. The van der Waals surface area contributed by atoms with Crippen molar-refractivity contribution in [2.75, 3.05) is 5.75 Å². The van der Waals surface area contributed by atoms with Crippen molar-refractivity contribution in [1.82, 2.24) is 14.8 Å². The van der Waals surface area contributed by atoms with Gasteiger partial charge >= 0.3 is 5.97 Å². The summed E-state index contributed by atoms with van der Waals surface area (Å²) in [4.78, 5) is 11.8. The van der Waals surface area contributed by atoms with Crippen molar-refractivity contribution >= 4 is 40.7 Å². The fourth-order valence-corrected chi connectivity index (χ4v) is 3.47. The smallest absolute Gasteiger partial charge is 0.313 e. The van der Waals surface area contributed by atoms with Gasteiger partial charge in [0.05, 0.1) is 16.6 Å². The Labute approximate surface area is 130 Å². The number of rotatable bonds is 7. The Bertz CT molecular complexity index is 597. The van der Waals surface area contributed by atoms with E-state index in [1.807, 2.05) is 16.7 Å². The number of halogens is 1. The van der Waals surface area contributed by atoms with Crippen LogP contribution >= 0.6 is 34.7 Å². The molecule has 0 aliphatic heterocycles. The highest BCUT2D eigenvalue weighted by Crippen LogP contribution is 2.25. The maximum atomic E-state index is 10.7. The lowest BCUT2D eigenvalue weighted by Gasteiger charge is -2.07. The van der Waals surface area contributed by atoms with Gasteiger partial charge in [0.1, 0.15) is 5.82 Å². The minimum Gasteiger partial charge on any atom is -0.481 e. The van der Waals surface area contributed by atoms with Gasteiger partial charge in [-0.3, -0.25) is 4.79 Å². The second-order valence-corrected chi connectivity index (χ2v) is 6.87. The van der Waals surface area contributed by atoms with Crippen molar-refractivity contribution in [3.8, 4) is 0 Å². The number of aliphatic carboxylic acids is 1. The number of aromatic nitrogens is 3. The molecule has 2 heterocycles. The van der Waals surface area contributed by atoms with Gasteiger partial charge < -0.3 is 9.67 Å². The Morgan fingerprint density at radius 1 is 1.50 bits per heavy atom. The Balaban J connectivity index is 2.21. The molecule has 2 aromatic rings. The zero-order valence-corrected chi connectivity index (χ0v) is 13.3. The molecule has 2 aromatic heterocycles. The molecule has 108 valence electrons. The number of hydrogen-bond acceptors (Lipinski definition) is 5. The molecule has 0 fully saturated rings. The first-order chi connectivity index (χ1) is 9.60. The molecule has 8 heteroatoms. The highest BCUT2D eigenvalue weighted by atomic mass is 35.5. The number of carboxylic acid groups (broad SMARTS) is 1. The third-order valence-corrected chi connectivity index (χ3v) is 4.70. The normalized spacial score (nSPS) is 10.9. The average molecular weight is 332 g/mol. The summed E-state index contributed by atoms with van der Waals surface area (Å²) in [5, 5.41) is 17.7. The molecule has 1 N–H and O–H groups in total. The van der Waals surface area contributed by atoms with Crippen molar-refractivity contribution in [3.05, 3.63) is 27.2 Å². The van der Waals surface area contributed by atoms with Gasteiger partial charge in [-0.05, 0) is 18.6 Å². The molecule has 0 saturated heterocycles. The second kappa shape index (κ2) is 7.10. The molecular weight excluding hydrogens is 318 g/mol. The highest BCUT2D eigenvalue weighted by Gasteiger charge is 2.14. The molecule has 5 nitrogen and oxygen atoms in total. The third-order valence-electron chi connectivity index (χ3n) is 2.53. The maximum Gasteiger partial charge on any atom is 0.313 e. The zero-order chi connectivity index (χ0) is 14.5. The van der Waals surface area contributed by atoms with Crippen LogP contribution in [0, 0.1) is 0 Å². The quantitative estimate of drug-likeness (QED) is 0.789. The minimum absolute atomic E-state index is 0.0184. The number of aryl methyl sites for hydroxylation is 1. The highest BCUT2D eigenvalue weighted by molar-refractivity contribution is 7.99. The minimum atomic E-state index is -0.860. The van der Waals surface area contributed by atoms with Gasteiger partial charge in [0.15, 0.2) is 5.16 Å². The van der Waals surface area contributed by atoms with E-state index in [0.717, 1.165) is 27.9 Å². The standard InChI is InChI=1S/C12H14ClN3O2S2/c1-2-3-10-14-15-12(19-7-11(17)18)16(10)6-8-4-5-9(13)20-8/h4-5H,2-3,6-7H2,1H3,(H,17,18). The number of thiophene rings is 1. The van der Waals surface area contributed by atoms with E-state index < -0.39 is 5.97 Å². The van der Waals surface area contributed by atoms with Crippen LogP contribution in [0.5, 0.6) is 0 Å². The first-order valence-electron chi connectivity index (χ1n) is 6.11. The molecule has 0 spiro atoms. The molecule has 0 atom stereocenters. The number of hydrogen-bond donors (Lipinski definition) is 1. The summed E-state index contributed by atoms with van der Waals surface area (Å²) in [7, 11) is 0. The van der Waals surface area contributed by atoms with Crippen molar-refractivity contribution < 1.29 is 9.90 Å². The molecule has 0 aromatic carbocycles.